The molecule has 1 fully saturated rings. The predicted octanol–water partition coefficient (Wildman–Crippen LogP) is 2.95. The highest BCUT2D eigenvalue weighted by Crippen LogP contribution is 2.16. The van der Waals surface area contributed by atoms with Gasteiger partial charge in [0.2, 0.25) is 11.8 Å². The maximum absolute atomic E-state index is 12.6. The fourth-order valence-corrected chi connectivity index (χ4v) is 3.42. The number of carbonyl (C=O) groups excluding carboxylic acids is 2. The molecule has 0 aliphatic carbocycles. The monoisotopic (exact) mass is 421 g/mol. The number of hydrogen-bond acceptors (Lipinski definition) is 4. The Labute approximate surface area is 184 Å². The van der Waals surface area contributed by atoms with Crippen LogP contribution in [0.2, 0.25) is 0 Å². The standard InChI is InChI=1S/C25H31N3O3/c1-20(2)26-24(29)18-27-13-15-28(16-14-27)25(30)12-11-21-9-6-10-23(17-21)31-19-22-7-4-3-5-8-22/h3-12,17,20H,13-16,18-19H2,1-2H3,(H,26,29)/b12-11+. The number of nitrogens with zero attached hydrogens (tertiary/aromatic N) is 2. The van der Waals surface area contributed by atoms with Crippen molar-refractivity contribution >= 4 is 17.9 Å². The van der Waals surface area contributed by atoms with E-state index in [0.29, 0.717) is 39.3 Å². The van der Waals surface area contributed by atoms with Crippen molar-refractivity contribution in [1.82, 2.24) is 15.1 Å². The van der Waals surface area contributed by atoms with E-state index >= 15 is 0 Å². The van der Waals surface area contributed by atoms with Crippen LogP contribution in [0, 0.1) is 0 Å². The number of benzene rings is 2. The molecule has 1 saturated heterocycles. The van der Waals surface area contributed by atoms with Crippen molar-refractivity contribution in [1.29, 1.82) is 0 Å². The summed E-state index contributed by atoms with van der Waals surface area (Å²) in [7, 11) is 0. The predicted molar refractivity (Wildman–Crippen MR) is 123 cm³/mol. The van der Waals surface area contributed by atoms with Crippen LogP contribution in [0.3, 0.4) is 0 Å². The minimum atomic E-state index is -0.0121. The number of piperazine rings is 1. The summed E-state index contributed by atoms with van der Waals surface area (Å²) < 4.78 is 5.86. The molecule has 1 aliphatic heterocycles. The first-order valence-corrected chi connectivity index (χ1v) is 10.7. The number of rotatable bonds is 8. The minimum absolute atomic E-state index is 0.0121. The van der Waals surface area contributed by atoms with Crippen LogP contribution < -0.4 is 10.1 Å². The van der Waals surface area contributed by atoms with E-state index in [0.717, 1.165) is 16.9 Å². The van der Waals surface area contributed by atoms with Crippen LogP contribution in [-0.2, 0) is 16.2 Å². The third-order valence-corrected chi connectivity index (χ3v) is 5.03. The molecule has 0 aromatic heterocycles. The summed E-state index contributed by atoms with van der Waals surface area (Å²) in [5.74, 6) is 0.790. The van der Waals surface area contributed by atoms with E-state index in [1.807, 2.05) is 79.4 Å². The summed E-state index contributed by atoms with van der Waals surface area (Å²) in [6.07, 6.45) is 3.43. The van der Waals surface area contributed by atoms with Crippen molar-refractivity contribution < 1.29 is 14.3 Å². The lowest BCUT2D eigenvalue weighted by molar-refractivity contribution is -0.128. The molecular formula is C25H31N3O3. The second-order valence-corrected chi connectivity index (χ2v) is 8.00. The molecule has 2 amide bonds. The van der Waals surface area contributed by atoms with Gasteiger partial charge in [-0.25, -0.2) is 0 Å². The average Bonchev–Trinajstić information content (AvgIpc) is 2.77. The molecule has 6 heteroatoms. The highest BCUT2D eigenvalue weighted by Gasteiger charge is 2.21. The van der Waals surface area contributed by atoms with E-state index in [1.165, 1.54) is 0 Å². The average molecular weight is 422 g/mol. The lowest BCUT2D eigenvalue weighted by Crippen LogP contribution is -2.51. The van der Waals surface area contributed by atoms with Gasteiger partial charge < -0.3 is 15.0 Å². The van der Waals surface area contributed by atoms with Crippen molar-refractivity contribution in [2.75, 3.05) is 32.7 Å². The molecule has 0 bridgehead atoms. The van der Waals surface area contributed by atoms with Gasteiger partial charge in [-0.3, -0.25) is 14.5 Å². The summed E-state index contributed by atoms with van der Waals surface area (Å²) in [5, 5.41) is 2.90. The molecule has 1 heterocycles. The fourth-order valence-electron chi connectivity index (χ4n) is 3.42. The number of amides is 2. The molecule has 2 aromatic carbocycles. The van der Waals surface area contributed by atoms with E-state index in [4.69, 9.17) is 4.74 Å². The summed E-state index contributed by atoms with van der Waals surface area (Å²) in [6.45, 7) is 7.44. The molecule has 0 saturated carbocycles. The largest absolute Gasteiger partial charge is 0.489 e. The summed E-state index contributed by atoms with van der Waals surface area (Å²) >= 11 is 0. The third kappa shape index (κ3) is 7.57. The molecule has 0 spiro atoms. The van der Waals surface area contributed by atoms with Gasteiger partial charge in [-0.1, -0.05) is 42.5 Å². The maximum atomic E-state index is 12.6. The zero-order valence-electron chi connectivity index (χ0n) is 18.3. The molecule has 1 N–H and O–H groups in total. The molecule has 0 radical (unpaired) electrons. The summed E-state index contributed by atoms with van der Waals surface area (Å²) in [4.78, 5) is 28.4. The first-order valence-electron chi connectivity index (χ1n) is 10.7. The quantitative estimate of drug-likeness (QED) is 0.666. The number of ether oxygens (including phenoxy) is 1. The highest BCUT2D eigenvalue weighted by molar-refractivity contribution is 5.92. The lowest BCUT2D eigenvalue weighted by atomic mass is 10.2. The molecule has 6 nitrogen and oxygen atoms in total. The van der Waals surface area contributed by atoms with Gasteiger partial charge >= 0.3 is 0 Å². The Balaban J connectivity index is 1.46. The van der Waals surface area contributed by atoms with E-state index < -0.39 is 0 Å². The minimum Gasteiger partial charge on any atom is -0.489 e. The molecule has 3 rings (SSSR count). The van der Waals surface area contributed by atoms with Gasteiger partial charge in [-0.05, 0) is 43.2 Å². The molecular weight excluding hydrogens is 390 g/mol. The van der Waals surface area contributed by atoms with Crippen LogP contribution in [0.25, 0.3) is 6.08 Å². The first-order chi connectivity index (χ1) is 15.0. The van der Waals surface area contributed by atoms with Gasteiger partial charge in [0.05, 0.1) is 6.54 Å². The fraction of sp³-hybridized carbons (Fsp3) is 0.360. The lowest BCUT2D eigenvalue weighted by Gasteiger charge is -2.33. The van der Waals surface area contributed by atoms with Gasteiger partial charge in [-0.15, -0.1) is 0 Å². The Morgan fingerprint density at radius 1 is 1.03 bits per heavy atom. The zero-order chi connectivity index (χ0) is 22.1. The van der Waals surface area contributed by atoms with Gasteiger partial charge in [-0.2, -0.15) is 0 Å². The topological polar surface area (TPSA) is 61.9 Å². The number of nitrogens with one attached hydrogen (secondary N) is 1. The first kappa shape index (κ1) is 22.6. The van der Waals surface area contributed by atoms with Gasteiger partial charge in [0.25, 0.3) is 0 Å². The second-order valence-electron chi connectivity index (χ2n) is 8.00. The van der Waals surface area contributed by atoms with Crippen molar-refractivity contribution in [3.63, 3.8) is 0 Å². The summed E-state index contributed by atoms with van der Waals surface area (Å²) in [5.41, 5.74) is 2.03. The second kappa shape index (κ2) is 11.3. The van der Waals surface area contributed by atoms with Crippen LogP contribution in [0.15, 0.2) is 60.7 Å². The van der Waals surface area contributed by atoms with Crippen LogP contribution in [0.5, 0.6) is 5.75 Å². The van der Waals surface area contributed by atoms with E-state index in [-0.39, 0.29) is 17.9 Å². The van der Waals surface area contributed by atoms with Crippen LogP contribution in [0.4, 0.5) is 0 Å². The van der Waals surface area contributed by atoms with Crippen molar-refractivity contribution in [3.05, 3.63) is 71.8 Å². The van der Waals surface area contributed by atoms with Crippen molar-refractivity contribution in [2.45, 2.75) is 26.5 Å². The maximum Gasteiger partial charge on any atom is 0.246 e. The van der Waals surface area contributed by atoms with Crippen molar-refractivity contribution in [2.24, 2.45) is 0 Å². The van der Waals surface area contributed by atoms with Gasteiger partial charge in [0, 0.05) is 38.3 Å². The molecule has 2 aromatic rings. The highest BCUT2D eigenvalue weighted by atomic mass is 16.5. The Morgan fingerprint density at radius 3 is 2.48 bits per heavy atom. The van der Waals surface area contributed by atoms with Crippen molar-refractivity contribution in [3.8, 4) is 5.75 Å². The Bertz CT molecular complexity index is 888. The van der Waals surface area contributed by atoms with Gasteiger partial charge in [0.1, 0.15) is 12.4 Å². The van der Waals surface area contributed by atoms with Crippen LogP contribution in [0.1, 0.15) is 25.0 Å². The Kier molecular flexibility index (Phi) is 8.24. The Hall–Kier alpha value is -3.12. The number of hydrogen-bond donors (Lipinski definition) is 1. The van der Waals surface area contributed by atoms with E-state index in [2.05, 4.69) is 10.2 Å². The smallest absolute Gasteiger partial charge is 0.246 e. The molecule has 31 heavy (non-hydrogen) atoms. The normalized spacial score (nSPS) is 14.7. The molecule has 1 aliphatic rings. The van der Waals surface area contributed by atoms with Crippen LogP contribution >= 0.6 is 0 Å². The van der Waals surface area contributed by atoms with E-state index in [1.54, 1.807) is 6.08 Å². The number of carbonyl (C=O) groups is 2. The Morgan fingerprint density at radius 2 is 1.77 bits per heavy atom. The molecule has 164 valence electrons. The van der Waals surface area contributed by atoms with Gasteiger partial charge in [0.15, 0.2) is 0 Å². The van der Waals surface area contributed by atoms with E-state index in [9.17, 15) is 9.59 Å². The third-order valence-electron chi connectivity index (χ3n) is 5.03. The van der Waals surface area contributed by atoms with Crippen LogP contribution in [-0.4, -0.2) is 60.4 Å². The SMILES string of the molecule is CC(C)NC(=O)CN1CCN(C(=O)/C=C/c2cccc(OCc3ccccc3)c2)CC1. The zero-order valence-corrected chi connectivity index (χ0v) is 18.3. The molecule has 0 unspecified atom stereocenters. The summed E-state index contributed by atoms with van der Waals surface area (Å²) in [6, 6.07) is 17.9. The molecule has 0 atom stereocenters.